The molecule has 0 bridgehead atoms. The molecule has 4 unspecified atom stereocenters. The van der Waals surface area contributed by atoms with Crippen molar-refractivity contribution >= 4 is 23.9 Å². The highest BCUT2D eigenvalue weighted by Crippen LogP contribution is 2.43. The number of rotatable bonds is 42. The lowest BCUT2D eigenvalue weighted by atomic mass is 9.67. The third kappa shape index (κ3) is 34.5. The number of carboxylic acid groups (broad SMARTS) is 2. The van der Waals surface area contributed by atoms with Gasteiger partial charge >= 0.3 is 23.9 Å². The molecule has 0 heterocycles. The van der Waals surface area contributed by atoms with Crippen LogP contribution in [0.2, 0.25) is 0 Å². The highest BCUT2D eigenvalue weighted by molar-refractivity contribution is 5.74. The van der Waals surface area contributed by atoms with E-state index in [0.717, 1.165) is 141 Å². The van der Waals surface area contributed by atoms with Crippen molar-refractivity contribution in [3.8, 4) is 0 Å². The minimum atomic E-state index is -0.727. The summed E-state index contributed by atoms with van der Waals surface area (Å²) in [6, 6.07) is 0. The zero-order valence-electron chi connectivity index (χ0n) is 40.9. The molecule has 0 aliphatic carbocycles. The summed E-state index contributed by atoms with van der Waals surface area (Å²) in [6.45, 7) is 18.7. The van der Waals surface area contributed by atoms with Gasteiger partial charge in [-0.1, -0.05) is 197 Å². The predicted molar refractivity (Wildman–Crippen MR) is 251 cm³/mol. The third-order valence-electron chi connectivity index (χ3n) is 13.0. The topological polar surface area (TPSA) is 127 Å². The van der Waals surface area contributed by atoms with E-state index >= 15 is 0 Å². The van der Waals surface area contributed by atoms with Crippen LogP contribution in [-0.4, -0.2) is 47.3 Å². The summed E-state index contributed by atoms with van der Waals surface area (Å²) < 4.78 is 10.9. The largest absolute Gasteiger partial charge is 0.481 e. The van der Waals surface area contributed by atoms with Gasteiger partial charge in [0.1, 0.15) is 0 Å². The molecule has 0 rings (SSSR count). The molecule has 4 atom stereocenters. The minimum Gasteiger partial charge on any atom is -0.481 e. The van der Waals surface area contributed by atoms with Crippen LogP contribution < -0.4 is 0 Å². The number of esters is 2. The summed E-state index contributed by atoms with van der Waals surface area (Å²) in [5.74, 6) is 0.637. The van der Waals surface area contributed by atoms with Gasteiger partial charge in [-0.05, 0) is 75.0 Å². The second-order valence-corrected chi connectivity index (χ2v) is 18.3. The fourth-order valence-corrected chi connectivity index (χ4v) is 8.44. The van der Waals surface area contributed by atoms with E-state index in [2.05, 4.69) is 55.4 Å². The van der Waals surface area contributed by atoms with Gasteiger partial charge in [0.05, 0.1) is 18.6 Å². The molecule has 0 aromatic rings. The lowest BCUT2D eigenvalue weighted by Gasteiger charge is -2.36. The molecule has 0 saturated carbocycles. The van der Waals surface area contributed by atoms with Gasteiger partial charge in [0.25, 0.3) is 0 Å². The first kappa shape index (κ1) is 60.0. The van der Waals surface area contributed by atoms with Crippen molar-refractivity contribution in [2.45, 2.75) is 267 Å². The molecule has 2 N–H and O–H groups in total. The minimum absolute atomic E-state index is 0.0444. The van der Waals surface area contributed by atoms with E-state index in [1.165, 1.54) is 51.4 Å². The first-order chi connectivity index (χ1) is 28.9. The molecule has 0 aromatic carbocycles. The van der Waals surface area contributed by atoms with Crippen molar-refractivity contribution in [3.05, 3.63) is 0 Å². The summed E-state index contributed by atoms with van der Waals surface area (Å²) in [5.41, 5.74) is -0.593. The Hall–Kier alpha value is -2.12. The maximum absolute atomic E-state index is 12.6. The number of ether oxygens (including phenoxy) is 2. The Morgan fingerprint density at radius 3 is 1.05 bits per heavy atom. The Balaban J connectivity index is 0. The predicted octanol–water partition coefficient (Wildman–Crippen LogP) is 15.7. The summed E-state index contributed by atoms with van der Waals surface area (Å²) in [5, 5.41) is 19.2. The van der Waals surface area contributed by atoms with Gasteiger partial charge in [0.15, 0.2) is 0 Å². The van der Waals surface area contributed by atoms with Gasteiger partial charge < -0.3 is 19.7 Å². The SMILES string of the molecule is CCCCC(CC)CC(CCCCCCCC(=O)O)(CC(CC)CCCC)C(=O)O.CCCCC(CC)COC(=O)CCCCCCCCC(=O)OCC(CC)CCCC. The number of carbonyl (C=O) groups excluding carboxylic acids is 2. The molecule has 60 heavy (non-hydrogen) atoms. The maximum Gasteiger partial charge on any atom is 0.309 e. The van der Waals surface area contributed by atoms with E-state index in [0.29, 0.717) is 49.7 Å². The molecule has 0 aliphatic rings. The van der Waals surface area contributed by atoms with Gasteiger partial charge in [-0.3, -0.25) is 19.2 Å². The first-order valence-corrected chi connectivity index (χ1v) is 25.7. The van der Waals surface area contributed by atoms with Crippen LogP contribution in [0, 0.1) is 29.1 Å². The van der Waals surface area contributed by atoms with E-state index in [1.54, 1.807) is 0 Å². The zero-order chi connectivity index (χ0) is 45.3. The normalized spacial score (nSPS) is 14.3. The van der Waals surface area contributed by atoms with Gasteiger partial charge in [-0.15, -0.1) is 0 Å². The molecular weight excluding hydrogens is 753 g/mol. The summed E-state index contributed by atoms with van der Waals surface area (Å²) in [4.78, 5) is 47.0. The second-order valence-electron chi connectivity index (χ2n) is 18.3. The molecule has 0 radical (unpaired) electrons. The van der Waals surface area contributed by atoms with Crippen LogP contribution in [-0.2, 0) is 28.7 Å². The van der Waals surface area contributed by atoms with Crippen LogP contribution in [0.1, 0.15) is 267 Å². The van der Waals surface area contributed by atoms with Gasteiger partial charge in [-0.2, -0.15) is 0 Å². The quantitative estimate of drug-likeness (QED) is 0.0459. The zero-order valence-corrected chi connectivity index (χ0v) is 40.9. The monoisotopic (exact) mass is 853 g/mol. The second kappa shape index (κ2) is 42.2. The third-order valence-corrected chi connectivity index (χ3v) is 13.0. The molecule has 0 fully saturated rings. The Morgan fingerprint density at radius 2 is 0.733 bits per heavy atom. The van der Waals surface area contributed by atoms with Crippen molar-refractivity contribution < 1.29 is 38.9 Å². The van der Waals surface area contributed by atoms with Crippen LogP contribution in [0.25, 0.3) is 0 Å². The highest BCUT2D eigenvalue weighted by Gasteiger charge is 2.41. The summed E-state index contributed by atoms with van der Waals surface area (Å²) in [6.07, 6.45) is 32.9. The number of unbranched alkanes of at least 4 members (excludes halogenated alkanes) is 13. The Labute approximate surface area is 371 Å². The molecule has 8 nitrogen and oxygen atoms in total. The van der Waals surface area contributed by atoms with Crippen molar-refractivity contribution in [3.63, 3.8) is 0 Å². The van der Waals surface area contributed by atoms with Gasteiger partial charge in [-0.25, -0.2) is 0 Å². The van der Waals surface area contributed by atoms with E-state index < -0.39 is 17.4 Å². The Bertz CT molecular complexity index is 956. The molecule has 356 valence electrons. The van der Waals surface area contributed by atoms with E-state index in [9.17, 15) is 24.3 Å². The average molecular weight is 853 g/mol. The number of carboxylic acids is 2. The molecule has 0 aromatic heterocycles. The number of carbonyl (C=O) groups is 4. The number of aliphatic carboxylic acids is 2. The van der Waals surface area contributed by atoms with Crippen LogP contribution >= 0.6 is 0 Å². The fourth-order valence-electron chi connectivity index (χ4n) is 8.44. The van der Waals surface area contributed by atoms with Crippen molar-refractivity contribution in [2.75, 3.05) is 13.2 Å². The fraction of sp³-hybridized carbons (Fsp3) is 0.923. The molecule has 0 aliphatic heterocycles. The lowest BCUT2D eigenvalue weighted by Crippen LogP contribution is -2.36. The summed E-state index contributed by atoms with van der Waals surface area (Å²) in [7, 11) is 0. The molecular formula is C52H100O8. The number of hydrogen-bond acceptors (Lipinski definition) is 6. The average Bonchev–Trinajstić information content (AvgIpc) is 3.24. The lowest BCUT2D eigenvalue weighted by molar-refractivity contribution is -0.152. The van der Waals surface area contributed by atoms with Crippen molar-refractivity contribution in [2.24, 2.45) is 29.1 Å². The highest BCUT2D eigenvalue weighted by atomic mass is 16.5. The molecule has 0 amide bonds. The van der Waals surface area contributed by atoms with E-state index in [4.69, 9.17) is 14.6 Å². The molecule has 0 spiro atoms. The standard InChI is InChI=1S/2C26H50O4/c1-5-9-17-23(7-3)21-29-25(27)19-15-13-11-12-14-16-20-26(28)30-22-24(8-4)18-10-6-2;1-5-9-16-22(7-3)20-26(25(29)30,21-23(8-4)17-10-6-2)19-15-13-11-12-14-18-24(27)28/h23-24H,5-22H2,1-4H3;22-23H,5-21H2,1-4H3,(H,27,28)(H,29,30). The number of hydrogen-bond donors (Lipinski definition) is 2. The van der Waals surface area contributed by atoms with Gasteiger partial charge in [0.2, 0.25) is 0 Å². The molecule has 0 saturated heterocycles. The van der Waals surface area contributed by atoms with Crippen molar-refractivity contribution in [1.29, 1.82) is 0 Å². The van der Waals surface area contributed by atoms with Crippen LogP contribution in [0.15, 0.2) is 0 Å². The summed E-state index contributed by atoms with van der Waals surface area (Å²) >= 11 is 0. The smallest absolute Gasteiger partial charge is 0.309 e. The van der Waals surface area contributed by atoms with Crippen molar-refractivity contribution in [1.82, 2.24) is 0 Å². The van der Waals surface area contributed by atoms with Crippen LogP contribution in [0.4, 0.5) is 0 Å². The van der Waals surface area contributed by atoms with Crippen LogP contribution in [0.5, 0.6) is 0 Å². The Morgan fingerprint density at radius 1 is 0.417 bits per heavy atom. The van der Waals surface area contributed by atoms with E-state index in [-0.39, 0.29) is 18.4 Å². The van der Waals surface area contributed by atoms with Gasteiger partial charge in [0, 0.05) is 19.3 Å². The first-order valence-electron chi connectivity index (χ1n) is 25.7. The maximum atomic E-state index is 12.6. The van der Waals surface area contributed by atoms with Crippen LogP contribution in [0.3, 0.4) is 0 Å². The molecule has 8 heteroatoms. The van der Waals surface area contributed by atoms with E-state index in [1.807, 2.05) is 0 Å². The Kier molecular flexibility index (Phi) is 42.2.